The first kappa shape index (κ1) is 19.9. The predicted molar refractivity (Wildman–Crippen MR) is 106 cm³/mol. The van der Waals surface area contributed by atoms with Crippen LogP contribution in [0.25, 0.3) is 0 Å². The van der Waals surface area contributed by atoms with Crippen molar-refractivity contribution in [2.24, 2.45) is 5.92 Å². The van der Waals surface area contributed by atoms with Gasteiger partial charge in [-0.3, -0.25) is 4.79 Å². The molecule has 2 aliphatic rings. The van der Waals surface area contributed by atoms with Crippen molar-refractivity contribution in [2.75, 3.05) is 32.9 Å². The Hall–Kier alpha value is -2.44. The highest BCUT2D eigenvalue weighted by Gasteiger charge is 2.50. The van der Waals surface area contributed by atoms with E-state index in [-0.39, 0.29) is 30.5 Å². The number of nitrogens with zero attached hydrogens (tertiary/aromatic N) is 1. The van der Waals surface area contributed by atoms with Crippen LogP contribution < -0.4 is 4.74 Å². The van der Waals surface area contributed by atoms with E-state index >= 15 is 0 Å². The number of benzene rings is 2. The van der Waals surface area contributed by atoms with E-state index in [0.29, 0.717) is 43.5 Å². The first-order valence-electron chi connectivity index (χ1n) is 10.0. The monoisotopic (exact) mass is 399 g/mol. The maximum Gasteiger partial charge on any atom is 0.260 e. The smallest absolute Gasteiger partial charge is 0.260 e. The lowest BCUT2D eigenvalue weighted by Crippen LogP contribution is -2.64. The van der Waals surface area contributed by atoms with Crippen LogP contribution in [0.3, 0.4) is 0 Å². The Kier molecular flexibility index (Phi) is 6.11. The normalized spacial score (nSPS) is 19.9. The van der Waals surface area contributed by atoms with Crippen LogP contribution in [0.15, 0.2) is 54.6 Å². The number of carbonyl (C=O) groups is 1. The Labute approximate surface area is 170 Å². The van der Waals surface area contributed by atoms with Crippen LogP contribution in [0.5, 0.6) is 5.75 Å². The molecule has 2 fully saturated rings. The average Bonchev–Trinajstić information content (AvgIpc) is 3.15. The summed E-state index contributed by atoms with van der Waals surface area (Å²) in [5.74, 6) is 0.864. The standard InChI is InChI=1S/C23H26FNO4/c24-21-9-5-4-6-19(21)14-27-11-10-18-12-23(29-13-18)16-25(17-23)22(26)15-28-20-7-2-1-3-8-20/h1-9,18H,10-17H2. The van der Waals surface area contributed by atoms with Gasteiger partial charge in [0.15, 0.2) is 6.61 Å². The molecule has 2 aliphatic heterocycles. The third-order valence-electron chi connectivity index (χ3n) is 5.59. The van der Waals surface area contributed by atoms with Gasteiger partial charge in [-0.25, -0.2) is 4.39 Å². The Morgan fingerprint density at radius 3 is 2.69 bits per heavy atom. The van der Waals surface area contributed by atoms with Gasteiger partial charge in [-0.1, -0.05) is 36.4 Å². The van der Waals surface area contributed by atoms with E-state index in [1.54, 1.807) is 17.0 Å². The van der Waals surface area contributed by atoms with Crippen LogP contribution in [0, 0.1) is 11.7 Å². The summed E-state index contributed by atoms with van der Waals surface area (Å²) in [6.07, 6.45) is 1.81. The van der Waals surface area contributed by atoms with E-state index in [1.165, 1.54) is 6.07 Å². The fourth-order valence-electron chi connectivity index (χ4n) is 3.97. The van der Waals surface area contributed by atoms with Gasteiger partial charge in [0.05, 0.1) is 26.3 Å². The van der Waals surface area contributed by atoms with Gasteiger partial charge < -0.3 is 19.1 Å². The molecule has 2 heterocycles. The van der Waals surface area contributed by atoms with E-state index < -0.39 is 0 Å². The van der Waals surface area contributed by atoms with Crippen molar-refractivity contribution in [1.82, 2.24) is 4.90 Å². The summed E-state index contributed by atoms with van der Waals surface area (Å²) in [5.41, 5.74) is 0.371. The zero-order valence-electron chi connectivity index (χ0n) is 16.4. The second-order valence-electron chi connectivity index (χ2n) is 7.85. The van der Waals surface area contributed by atoms with Crippen LogP contribution in [0.1, 0.15) is 18.4 Å². The van der Waals surface area contributed by atoms with Gasteiger partial charge in [-0.05, 0) is 37.0 Å². The fourth-order valence-corrected chi connectivity index (χ4v) is 3.97. The topological polar surface area (TPSA) is 48.0 Å². The SMILES string of the molecule is O=C(COc1ccccc1)N1CC2(CC(CCOCc3ccccc3F)CO2)C1. The Morgan fingerprint density at radius 1 is 1.14 bits per heavy atom. The molecule has 154 valence electrons. The summed E-state index contributed by atoms with van der Waals surface area (Å²) in [5, 5.41) is 0. The Balaban J connectivity index is 1.13. The molecule has 0 aromatic heterocycles. The van der Waals surface area contributed by atoms with E-state index in [1.807, 2.05) is 36.4 Å². The van der Waals surface area contributed by atoms with Crippen molar-refractivity contribution >= 4 is 5.91 Å². The molecule has 5 nitrogen and oxygen atoms in total. The molecule has 29 heavy (non-hydrogen) atoms. The van der Waals surface area contributed by atoms with Crippen molar-refractivity contribution in [3.05, 3.63) is 66.0 Å². The van der Waals surface area contributed by atoms with Gasteiger partial charge in [0.25, 0.3) is 5.91 Å². The molecule has 1 unspecified atom stereocenters. The minimum Gasteiger partial charge on any atom is -0.484 e. The molecule has 1 atom stereocenters. The molecule has 4 rings (SSSR count). The van der Waals surface area contributed by atoms with Gasteiger partial charge in [-0.15, -0.1) is 0 Å². The molecular formula is C23H26FNO4. The molecule has 2 aromatic carbocycles. The first-order chi connectivity index (χ1) is 14.1. The van der Waals surface area contributed by atoms with Crippen LogP contribution in [0.2, 0.25) is 0 Å². The van der Waals surface area contributed by atoms with E-state index in [9.17, 15) is 9.18 Å². The Morgan fingerprint density at radius 2 is 1.90 bits per heavy atom. The second-order valence-corrected chi connectivity index (χ2v) is 7.85. The summed E-state index contributed by atoms with van der Waals surface area (Å²) in [6, 6.07) is 16.0. The number of hydrogen-bond acceptors (Lipinski definition) is 4. The van der Waals surface area contributed by atoms with Crippen molar-refractivity contribution < 1.29 is 23.4 Å². The minimum atomic E-state index is -0.230. The number of halogens is 1. The largest absolute Gasteiger partial charge is 0.484 e. The third-order valence-corrected chi connectivity index (χ3v) is 5.59. The first-order valence-corrected chi connectivity index (χ1v) is 10.0. The number of hydrogen-bond donors (Lipinski definition) is 0. The van der Waals surface area contributed by atoms with Gasteiger partial charge in [0.1, 0.15) is 17.2 Å². The van der Waals surface area contributed by atoms with Gasteiger partial charge in [0.2, 0.25) is 0 Å². The van der Waals surface area contributed by atoms with Crippen molar-refractivity contribution in [2.45, 2.75) is 25.0 Å². The molecular weight excluding hydrogens is 373 g/mol. The summed E-state index contributed by atoms with van der Waals surface area (Å²) in [4.78, 5) is 14.1. The maximum absolute atomic E-state index is 13.6. The van der Waals surface area contributed by atoms with Crippen LogP contribution in [0.4, 0.5) is 4.39 Å². The van der Waals surface area contributed by atoms with E-state index in [2.05, 4.69) is 0 Å². The number of likely N-dealkylation sites (tertiary alicyclic amines) is 1. The highest BCUT2D eigenvalue weighted by atomic mass is 19.1. The fraction of sp³-hybridized carbons (Fsp3) is 0.435. The van der Waals surface area contributed by atoms with Crippen molar-refractivity contribution in [1.29, 1.82) is 0 Å². The van der Waals surface area contributed by atoms with E-state index in [4.69, 9.17) is 14.2 Å². The number of para-hydroxylation sites is 1. The highest BCUT2D eigenvalue weighted by Crippen LogP contribution is 2.39. The molecule has 0 aliphatic carbocycles. The van der Waals surface area contributed by atoms with Gasteiger partial charge >= 0.3 is 0 Å². The van der Waals surface area contributed by atoms with Crippen LogP contribution in [-0.4, -0.2) is 49.3 Å². The second kappa shape index (κ2) is 8.93. The number of carbonyl (C=O) groups excluding carboxylic acids is 1. The quantitative estimate of drug-likeness (QED) is 0.638. The molecule has 1 amide bonds. The lowest BCUT2D eigenvalue weighted by Gasteiger charge is -2.47. The summed E-state index contributed by atoms with van der Waals surface area (Å²) in [7, 11) is 0. The van der Waals surface area contributed by atoms with Crippen molar-refractivity contribution in [3.63, 3.8) is 0 Å². The lowest BCUT2D eigenvalue weighted by molar-refractivity contribution is -0.159. The van der Waals surface area contributed by atoms with Gasteiger partial charge in [-0.2, -0.15) is 0 Å². The predicted octanol–water partition coefficient (Wildman–Crippen LogP) is 3.43. The minimum absolute atomic E-state index is 0.0141. The molecule has 0 bridgehead atoms. The Bertz CT molecular complexity index is 823. The highest BCUT2D eigenvalue weighted by molar-refractivity contribution is 5.79. The summed E-state index contributed by atoms with van der Waals surface area (Å²) in [6.45, 7) is 2.84. The number of amides is 1. The zero-order chi connectivity index (χ0) is 20.1. The molecule has 2 aromatic rings. The summed E-state index contributed by atoms with van der Waals surface area (Å²) < 4.78 is 30.8. The molecule has 1 spiro atoms. The number of ether oxygens (including phenoxy) is 3. The average molecular weight is 399 g/mol. The zero-order valence-corrected chi connectivity index (χ0v) is 16.4. The lowest BCUT2D eigenvalue weighted by atomic mass is 9.86. The molecule has 2 saturated heterocycles. The van der Waals surface area contributed by atoms with Gasteiger partial charge in [0, 0.05) is 12.2 Å². The van der Waals surface area contributed by atoms with Crippen LogP contribution in [-0.2, 0) is 20.9 Å². The summed E-state index contributed by atoms with van der Waals surface area (Å²) >= 11 is 0. The van der Waals surface area contributed by atoms with Crippen LogP contribution >= 0.6 is 0 Å². The molecule has 6 heteroatoms. The molecule has 0 N–H and O–H groups in total. The van der Waals surface area contributed by atoms with Crippen molar-refractivity contribution in [3.8, 4) is 5.75 Å². The van der Waals surface area contributed by atoms with E-state index in [0.717, 1.165) is 12.8 Å². The maximum atomic E-state index is 13.6. The molecule has 0 radical (unpaired) electrons. The number of rotatable bonds is 8. The third kappa shape index (κ3) is 4.95. The molecule has 0 saturated carbocycles.